The smallest absolute Gasteiger partial charge is 0.0452 e. The zero-order valence-corrected chi connectivity index (χ0v) is 11.4. The van der Waals surface area contributed by atoms with Gasteiger partial charge in [-0.2, -0.15) is 0 Å². The molecule has 1 unspecified atom stereocenters. The van der Waals surface area contributed by atoms with E-state index in [0.717, 1.165) is 5.02 Å². The molecule has 0 nitrogen and oxygen atoms in total. The molecule has 1 aromatic rings. The lowest BCUT2D eigenvalue weighted by atomic mass is 9.99. The van der Waals surface area contributed by atoms with Crippen LogP contribution in [0.3, 0.4) is 0 Å². The predicted octanol–water partition coefficient (Wildman–Crippen LogP) is 5.05. The lowest BCUT2D eigenvalue weighted by Gasteiger charge is -2.17. The predicted molar refractivity (Wildman–Crippen MR) is 67.4 cm³/mol. The van der Waals surface area contributed by atoms with Crippen LogP contribution in [-0.4, -0.2) is 0 Å². The minimum Gasteiger partial charge on any atom is -0.0840 e. The first-order valence-electron chi connectivity index (χ1n) is 4.84. The molecule has 0 spiro atoms. The van der Waals surface area contributed by atoms with Gasteiger partial charge in [-0.15, -0.1) is 0 Å². The maximum Gasteiger partial charge on any atom is 0.0452 e. The second-order valence-electron chi connectivity index (χ2n) is 4.10. The SMILES string of the molecule is Cc1cc(Cl)c(C(Br)C(C)C)cc1C. The number of alkyl halides is 1. The number of halogens is 2. The summed E-state index contributed by atoms with van der Waals surface area (Å²) < 4.78 is 0. The van der Waals surface area contributed by atoms with Crippen molar-refractivity contribution in [2.75, 3.05) is 0 Å². The van der Waals surface area contributed by atoms with Gasteiger partial charge in [0.1, 0.15) is 0 Å². The van der Waals surface area contributed by atoms with Gasteiger partial charge < -0.3 is 0 Å². The maximum absolute atomic E-state index is 6.21. The Morgan fingerprint density at radius 1 is 1.14 bits per heavy atom. The first-order chi connectivity index (χ1) is 6.43. The molecule has 0 bridgehead atoms. The third-order valence-corrected chi connectivity index (χ3v) is 4.37. The fourth-order valence-electron chi connectivity index (χ4n) is 1.37. The third-order valence-electron chi connectivity index (χ3n) is 2.50. The number of hydrogen-bond donors (Lipinski definition) is 0. The van der Waals surface area contributed by atoms with Gasteiger partial charge >= 0.3 is 0 Å². The van der Waals surface area contributed by atoms with Crippen molar-refractivity contribution in [3.05, 3.63) is 33.8 Å². The van der Waals surface area contributed by atoms with Crippen LogP contribution >= 0.6 is 27.5 Å². The van der Waals surface area contributed by atoms with Crippen LogP contribution in [0.15, 0.2) is 12.1 Å². The summed E-state index contributed by atoms with van der Waals surface area (Å²) in [7, 11) is 0. The summed E-state index contributed by atoms with van der Waals surface area (Å²) in [5.74, 6) is 0.551. The van der Waals surface area contributed by atoms with Crippen LogP contribution in [-0.2, 0) is 0 Å². The van der Waals surface area contributed by atoms with E-state index in [-0.39, 0.29) is 0 Å². The molecule has 0 fully saturated rings. The normalized spacial score (nSPS) is 13.4. The Balaban J connectivity index is 3.15. The molecule has 2 heteroatoms. The van der Waals surface area contributed by atoms with E-state index in [1.807, 2.05) is 6.07 Å². The first kappa shape index (κ1) is 12.1. The van der Waals surface area contributed by atoms with E-state index in [1.165, 1.54) is 16.7 Å². The Bertz CT molecular complexity index is 331. The van der Waals surface area contributed by atoms with Crippen LogP contribution in [0.2, 0.25) is 5.02 Å². The van der Waals surface area contributed by atoms with Gasteiger partial charge in [-0.25, -0.2) is 0 Å². The van der Waals surface area contributed by atoms with Crippen molar-refractivity contribution in [1.29, 1.82) is 0 Å². The number of hydrogen-bond acceptors (Lipinski definition) is 0. The summed E-state index contributed by atoms with van der Waals surface area (Å²) in [4.78, 5) is 0.342. The molecule has 0 aliphatic heterocycles. The van der Waals surface area contributed by atoms with Crippen molar-refractivity contribution in [2.45, 2.75) is 32.5 Å². The standard InChI is InChI=1S/C12H16BrCl/c1-7(2)12(13)10-5-8(3)9(4)6-11(10)14/h5-7,12H,1-4H3. The molecule has 1 aromatic carbocycles. The second-order valence-corrected chi connectivity index (χ2v) is 5.50. The van der Waals surface area contributed by atoms with Crippen LogP contribution in [0.5, 0.6) is 0 Å². The van der Waals surface area contributed by atoms with Crippen molar-refractivity contribution in [1.82, 2.24) is 0 Å². The Morgan fingerprint density at radius 3 is 2.14 bits per heavy atom. The summed E-state index contributed by atoms with van der Waals surface area (Å²) in [6.07, 6.45) is 0. The fourth-order valence-corrected chi connectivity index (χ4v) is 2.22. The van der Waals surface area contributed by atoms with Crippen LogP contribution in [0.25, 0.3) is 0 Å². The van der Waals surface area contributed by atoms with Crippen molar-refractivity contribution in [2.24, 2.45) is 5.92 Å². The average Bonchev–Trinajstić information content (AvgIpc) is 2.10. The summed E-state index contributed by atoms with van der Waals surface area (Å²) >= 11 is 9.89. The lowest BCUT2D eigenvalue weighted by molar-refractivity contribution is 0.641. The number of aryl methyl sites for hydroxylation is 2. The summed E-state index contributed by atoms with van der Waals surface area (Å²) in [6, 6.07) is 4.22. The second kappa shape index (κ2) is 4.67. The van der Waals surface area contributed by atoms with E-state index in [1.54, 1.807) is 0 Å². The Labute approximate surface area is 99.8 Å². The minimum absolute atomic E-state index is 0.342. The van der Waals surface area contributed by atoms with E-state index < -0.39 is 0 Å². The van der Waals surface area contributed by atoms with Gasteiger partial charge in [-0.3, -0.25) is 0 Å². The van der Waals surface area contributed by atoms with Crippen LogP contribution in [0, 0.1) is 19.8 Å². The number of rotatable bonds is 2. The molecule has 0 aromatic heterocycles. The molecule has 78 valence electrons. The van der Waals surface area contributed by atoms with Crippen LogP contribution < -0.4 is 0 Å². The van der Waals surface area contributed by atoms with Gasteiger partial charge in [0, 0.05) is 9.85 Å². The fraction of sp³-hybridized carbons (Fsp3) is 0.500. The van der Waals surface area contributed by atoms with Gasteiger partial charge in [-0.05, 0) is 42.5 Å². The highest BCUT2D eigenvalue weighted by molar-refractivity contribution is 9.09. The molecular formula is C12H16BrCl. The van der Waals surface area contributed by atoms with Gasteiger partial charge in [0.15, 0.2) is 0 Å². The minimum atomic E-state index is 0.342. The van der Waals surface area contributed by atoms with Gasteiger partial charge in [0.05, 0.1) is 0 Å². The molecule has 0 saturated carbocycles. The summed E-state index contributed by atoms with van der Waals surface area (Å²) in [6.45, 7) is 8.58. The van der Waals surface area contributed by atoms with Crippen molar-refractivity contribution < 1.29 is 0 Å². The lowest BCUT2D eigenvalue weighted by Crippen LogP contribution is -2.00. The Kier molecular flexibility index (Phi) is 4.03. The summed E-state index contributed by atoms with van der Waals surface area (Å²) in [5.41, 5.74) is 3.75. The Hall–Kier alpha value is -0.0100. The molecule has 14 heavy (non-hydrogen) atoms. The summed E-state index contributed by atoms with van der Waals surface area (Å²) in [5, 5.41) is 0.865. The third kappa shape index (κ3) is 2.52. The van der Waals surface area contributed by atoms with Gasteiger partial charge in [-0.1, -0.05) is 47.4 Å². The van der Waals surface area contributed by atoms with Crippen molar-refractivity contribution in [3.63, 3.8) is 0 Å². The molecule has 0 saturated heterocycles. The highest BCUT2D eigenvalue weighted by Crippen LogP contribution is 2.36. The topological polar surface area (TPSA) is 0 Å². The molecule has 0 N–H and O–H groups in total. The van der Waals surface area contributed by atoms with Crippen molar-refractivity contribution >= 4 is 27.5 Å². The van der Waals surface area contributed by atoms with Crippen LogP contribution in [0.4, 0.5) is 0 Å². The molecule has 0 heterocycles. The zero-order valence-electron chi connectivity index (χ0n) is 9.07. The van der Waals surface area contributed by atoms with E-state index in [0.29, 0.717) is 10.7 Å². The molecule has 0 aliphatic carbocycles. The molecular weight excluding hydrogens is 259 g/mol. The van der Waals surface area contributed by atoms with E-state index in [9.17, 15) is 0 Å². The Morgan fingerprint density at radius 2 is 1.64 bits per heavy atom. The highest BCUT2D eigenvalue weighted by Gasteiger charge is 2.15. The first-order valence-corrected chi connectivity index (χ1v) is 6.13. The van der Waals surface area contributed by atoms with Crippen molar-refractivity contribution in [3.8, 4) is 0 Å². The molecule has 1 rings (SSSR count). The zero-order chi connectivity index (χ0) is 10.9. The van der Waals surface area contributed by atoms with Gasteiger partial charge in [0.25, 0.3) is 0 Å². The van der Waals surface area contributed by atoms with Crippen LogP contribution in [0.1, 0.15) is 35.4 Å². The van der Waals surface area contributed by atoms with E-state index in [4.69, 9.17) is 11.6 Å². The largest absolute Gasteiger partial charge is 0.0840 e. The molecule has 0 radical (unpaired) electrons. The van der Waals surface area contributed by atoms with E-state index >= 15 is 0 Å². The molecule has 0 amide bonds. The quantitative estimate of drug-likeness (QED) is 0.663. The maximum atomic E-state index is 6.21. The average molecular weight is 276 g/mol. The number of benzene rings is 1. The van der Waals surface area contributed by atoms with Gasteiger partial charge in [0.2, 0.25) is 0 Å². The molecule has 1 atom stereocenters. The monoisotopic (exact) mass is 274 g/mol. The van der Waals surface area contributed by atoms with E-state index in [2.05, 4.69) is 49.7 Å². The molecule has 0 aliphatic rings. The highest BCUT2D eigenvalue weighted by atomic mass is 79.9.